The van der Waals surface area contributed by atoms with Crippen LogP contribution in [0.4, 0.5) is 0 Å². The fourth-order valence-corrected chi connectivity index (χ4v) is 4.31. The van der Waals surface area contributed by atoms with Gasteiger partial charge >= 0.3 is 0 Å². The molecule has 0 aromatic heterocycles. The Morgan fingerprint density at radius 2 is 1.81 bits per heavy atom. The van der Waals surface area contributed by atoms with Crippen LogP contribution in [0.5, 0.6) is 0 Å². The molecule has 0 amide bonds. The van der Waals surface area contributed by atoms with Crippen molar-refractivity contribution in [1.29, 1.82) is 0 Å². The number of nitrogens with zero attached hydrogens (tertiary/aromatic N) is 1. The van der Waals surface area contributed by atoms with Crippen molar-refractivity contribution < 1.29 is 9.53 Å². The lowest BCUT2D eigenvalue weighted by atomic mass is 9.80. The maximum atomic E-state index is 13.1. The number of hydrogen-bond acceptors (Lipinski definition) is 3. The van der Waals surface area contributed by atoms with Crippen LogP contribution >= 0.6 is 0 Å². The van der Waals surface area contributed by atoms with Gasteiger partial charge in [-0.05, 0) is 30.0 Å². The third-order valence-corrected chi connectivity index (χ3v) is 5.66. The Labute approximate surface area is 155 Å². The number of benzene rings is 2. The van der Waals surface area contributed by atoms with E-state index in [9.17, 15) is 4.79 Å². The van der Waals surface area contributed by atoms with Crippen LogP contribution in [0, 0.1) is 5.92 Å². The fraction of sp³-hybridized carbons (Fsp3) is 0.348. The highest BCUT2D eigenvalue weighted by molar-refractivity contribution is 5.98. The summed E-state index contributed by atoms with van der Waals surface area (Å²) < 4.78 is 5.81. The maximum Gasteiger partial charge on any atom is 0.166 e. The van der Waals surface area contributed by atoms with Gasteiger partial charge in [-0.3, -0.25) is 9.69 Å². The molecule has 2 unspecified atom stereocenters. The Hall–Kier alpha value is -2.23. The fourth-order valence-electron chi connectivity index (χ4n) is 4.31. The standard InChI is InChI=1S/C23H25NO2/c1-2-17-9-6-10-19(11-17)23(25)20-12-21-15-26-16-22(13-20)24(21)14-18-7-4-3-5-8-18/h2-11,20-22H,1,12-16H2. The lowest BCUT2D eigenvalue weighted by Crippen LogP contribution is -2.57. The molecule has 3 nitrogen and oxygen atoms in total. The van der Waals surface area contributed by atoms with Crippen molar-refractivity contribution in [1.82, 2.24) is 4.90 Å². The number of Topliss-reactive ketones (excluding diaryl/α,β-unsaturated/α-hetero) is 1. The van der Waals surface area contributed by atoms with Gasteiger partial charge in [-0.1, -0.05) is 61.2 Å². The monoisotopic (exact) mass is 347 g/mol. The molecule has 0 aliphatic carbocycles. The lowest BCUT2D eigenvalue weighted by Gasteiger charge is -2.48. The Bertz CT molecular complexity index is 772. The third kappa shape index (κ3) is 3.50. The molecule has 2 bridgehead atoms. The van der Waals surface area contributed by atoms with Crippen molar-refractivity contribution in [3.63, 3.8) is 0 Å². The first-order valence-electron chi connectivity index (χ1n) is 9.38. The van der Waals surface area contributed by atoms with E-state index in [1.165, 1.54) is 5.56 Å². The summed E-state index contributed by atoms with van der Waals surface area (Å²) in [6.45, 7) is 6.19. The van der Waals surface area contributed by atoms with E-state index < -0.39 is 0 Å². The first-order valence-corrected chi connectivity index (χ1v) is 9.38. The van der Waals surface area contributed by atoms with Gasteiger partial charge in [0.25, 0.3) is 0 Å². The highest BCUT2D eigenvalue weighted by Gasteiger charge is 2.41. The van der Waals surface area contributed by atoms with Crippen molar-refractivity contribution in [3.05, 3.63) is 77.9 Å². The summed E-state index contributed by atoms with van der Waals surface area (Å²) in [5.74, 6) is 0.353. The number of hydrogen-bond donors (Lipinski definition) is 0. The highest BCUT2D eigenvalue weighted by atomic mass is 16.5. The predicted molar refractivity (Wildman–Crippen MR) is 104 cm³/mol. The van der Waals surface area contributed by atoms with E-state index >= 15 is 0 Å². The Morgan fingerprint density at radius 3 is 2.50 bits per heavy atom. The predicted octanol–water partition coefficient (Wildman–Crippen LogP) is 4.19. The van der Waals surface area contributed by atoms with Crippen LogP contribution in [-0.2, 0) is 11.3 Å². The van der Waals surface area contributed by atoms with Crippen LogP contribution in [0.2, 0.25) is 0 Å². The minimum Gasteiger partial charge on any atom is -0.378 e. The van der Waals surface area contributed by atoms with Gasteiger partial charge in [0.05, 0.1) is 13.2 Å². The molecule has 2 aliphatic heterocycles. The second kappa shape index (κ2) is 7.56. The molecule has 2 aromatic rings. The number of fused-ring (bicyclic) bond motifs is 2. The third-order valence-electron chi connectivity index (χ3n) is 5.66. The first-order chi connectivity index (χ1) is 12.7. The van der Waals surface area contributed by atoms with Crippen molar-refractivity contribution >= 4 is 11.9 Å². The van der Waals surface area contributed by atoms with E-state index in [0.717, 1.165) is 43.7 Å². The second-order valence-electron chi connectivity index (χ2n) is 7.37. The largest absolute Gasteiger partial charge is 0.378 e. The minimum absolute atomic E-state index is 0.0842. The number of carbonyl (C=O) groups excluding carboxylic acids is 1. The summed E-state index contributed by atoms with van der Waals surface area (Å²) in [4.78, 5) is 15.6. The normalized spacial score (nSPS) is 25.6. The lowest BCUT2D eigenvalue weighted by molar-refractivity contribution is -0.0872. The molecular formula is C23H25NO2. The summed E-state index contributed by atoms with van der Waals surface area (Å²) in [5, 5.41) is 0. The maximum absolute atomic E-state index is 13.1. The van der Waals surface area contributed by atoms with Gasteiger partial charge in [-0.2, -0.15) is 0 Å². The number of carbonyl (C=O) groups is 1. The molecule has 0 spiro atoms. The molecule has 2 atom stereocenters. The quantitative estimate of drug-likeness (QED) is 0.760. The summed E-state index contributed by atoms with van der Waals surface area (Å²) in [6, 6.07) is 19.0. The van der Waals surface area contributed by atoms with Gasteiger partial charge in [0, 0.05) is 30.1 Å². The minimum atomic E-state index is 0.0842. The van der Waals surface area contributed by atoms with Crippen molar-refractivity contribution in [3.8, 4) is 0 Å². The number of rotatable bonds is 5. The Kier molecular flexibility index (Phi) is 5.00. The topological polar surface area (TPSA) is 29.5 Å². The van der Waals surface area contributed by atoms with Crippen molar-refractivity contribution in [2.24, 2.45) is 5.92 Å². The molecule has 0 N–H and O–H groups in total. The molecule has 2 heterocycles. The zero-order chi connectivity index (χ0) is 17.9. The van der Waals surface area contributed by atoms with E-state index in [4.69, 9.17) is 4.74 Å². The zero-order valence-electron chi connectivity index (χ0n) is 15.0. The number of piperidine rings is 1. The van der Waals surface area contributed by atoms with Crippen LogP contribution in [0.1, 0.15) is 34.3 Å². The smallest absolute Gasteiger partial charge is 0.166 e. The average Bonchev–Trinajstić information content (AvgIpc) is 2.68. The number of ketones is 1. The summed E-state index contributed by atoms with van der Waals surface area (Å²) in [5.41, 5.74) is 3.14. The van der Waals surface area contributed by atoms with Crippen LogP contribution in [0.25, 0.3) is 6.08 Å². The Balaban J connectivity index is 1.50. The molecule has 3 heteroatoms. The van der Waals surface area contributed by atoms with E-state index in [1.54, 1.807) is 6.08 Å². The summed E-state index contributed by atoms with van der Waals surface area (Å²) in [6.07, 6.45) is 3.54. The van der Waals surface area contributed by atoms with E-state index in [1.807, 2.05) is 24.3 Å². The molecule has 2 fully saturated rings. The van der Waals surface area contributed by atoms with Gasteiger partial charge < -0.3 is 4.74 Å². The van der Waals surface area contributed by atoms with Crippen LogP contribution in [-0.4, -0.2) is 36.0 Å². The van der Waals surface area contributed by atoms with Gasteiger partial charge in [0.1, 0.15) is 0 Å². The summed E-state index contributed by atoms with van der Waals surface area (Å²) >= 11 is 0. The number of ether oxygens (including phenoxy) is 1. The van der Waals surface area contributed by atoms with E-state index in [-0.39, 0.29) is 11.7 Å². The highest BCUT2D eigenvalue weighted by Crippen LogP contribution is 2.34. The summed E-state index contributed by atoms with van der Waals surface area (Å²) in [7, 11) is 0. The van der Waals surface area contributed by atoms with E-state index in [2.05, 4.69) is 41.8 Å². The first kappa shape index (κ1) is 17.2. The van der Waals surface area contributed by atoms with E-state index in [0.29, 0.717) is 12.1 Å². The average molecular weight is 347 g/mol. The second-order valence-corrected chi connectivity index (χ2v) is 7.37. The molecule has 26 heavy (non-hydrogen) atoms. The van der Waals surface area contributed by atoms with Gasteiger partial charge in [-0.25, -0.2) is 0 Å². The molecule has 2 aliphatic rings. The van der Waals surface area contributed by atoms with Gasteiger partial charge in [0.15, 0.2) is 5.78 Å². The molecule has 4 rings (SSSR count). The molecule has 134 valence electrons. The van der Waals surface area contributed by atoms with Gasteiger partial charge in [-0.15, -0.1) is 0 Å². The van der Waals surface area contributed by atoms with Crippen LogP contribution < -0.4 is 0 Å². The Morgan fingerprint density at radius 1 is 1.08 bits per heavy atom. The molecule has 2 saturated heterocycles. The SMILES string of the molecule is C=Cc1cccc(C(=O)C2CC3COCC(C2)N3Cc2ccccc2)c1. The van der Waals surface area contributed by atoms with Crippen LogP contribution in [0.3, 0.4) is 0 Å². The molecule has 0 radical (unpaired) electrons. The van der Waals surface area contributed by atoms with Crippen molar-refractivity contribution in [2.75, 3.05) is 13.2 Å². The van der Waals surface area contributed by atoms with Crippen LogP contribution in [0.15, 0.2) is 61.2 Å². The number of morpholine rings is 1. The zero-order valence-corrected chi connectivity index (χ0v) is 15.0. The van der Waals surface area contributed by atoms with Crippen molar-refractivity contribution in [2.45, 2.75) is 31.5 Å². The molecular weight excluding hydrogens is 322 g/mol. The molecule has 0 saturated carbocycles. The van der Waals surface area contributed by atoms with Gasteiger partial charge in [0.2, 0.25) is 0 Å². The molecule has 2 aromatic carbocycles.